The highest BCUT2D eigenvalue weighted by molar-refractivity contribution is 5.69. The Bertz CT molecular complexity index is 732. The Morgan fingerprint density at radius 3 is 1.76 bits per heavy atom. The van der Waals surface area contributed by atoms with Crippen LogP contribution in [0, 0.1) is 11.3 Å². The molecule has 2 aliphatic rings. The lowest BCUT2D eigenvalue weighted by Gasteiger charge is -2.63. The second-order valence-corrected chi connectivity index (χ2v) is 8.11. The smallest absolute Gasteiger partial charge is 0.389 e. The third-order valence-electron chi connectivity index (χ3n) is 5.95. The van der Waals surface area contributed by atoms with Crippen LogP contribution in [0.15, 0.2) is 60.7 Å². The van der Waals surface area contributed by atoms with Crippen molar-refractivity contribution in [3.63, 3.8) is 0 Å². The van der Waals surface area contributed by atoms with Gasteiger partial charge in [-0.2, -0.15) is 0 Å². The number of ether oxygens (including phenoxy) is 2. The normalized spacial score (nSPS) is 25.6. The van der Waals surface area contributed by atoms with E-state index in [1.807, 2.05) is 36.4 Å². The molecule has 1 saturated heterocycles. The summed E-state index contributed by atoms with van der Waals surface area (Å²) >= 11 is 0. The molecule has 130 valence electrons. The van der Waals surface area contributed by atoms with E-state index in [-0.39, 0.29) is 5.41 Å². The van der Waals surface area contributed by atoms with Crippen molar-refractivity contribution in [1.29, 1.82) is 0 Å². The van der Waals surface area contributed by atoms with E-state index in [2.05, 4.69) is 45.0 Å². The Morgan fingerprint density at radius 2 is 1.32 bits per heavy atom. The van der Waals surface area contributed by atoms with Crippen molar-refractivity contribution in [2.45, 2.75) is 44.8 Å². The zero-order valence-corrected chi connectivity index (χ0v) is 15.0. The largest absolute Gasteiger partial charge is 0.515 e. The highest BCUT2D eigenvalue weighted by Gasteiger charge is 2.74. The lowest BCUT2D eigenvalue weighted by atomic mass is 9.50. The van der Waals surface area contributed by atoms with Gasteiger partial charge in [0.2, 0.25) is 0 Å². The maximum atomic E-state index is 11.8. The predicted molar refractivity (Wildman–Crippen MR) is 96.1 cm³/mol. The van der Waals surface area contributed by atoms with Crippen LogP contribution in [-0.2, 0) is 14.9 Å². The zero-order valence-electron chi connectivity index (χ0n) is 15.0. The fraction of sp³-hybridized carbons (Fsp3) is 0.409. The fourth-order valence-electron chi connectivity index (χ4n) is 5.23. The molecule has 0 radical (unpaired) electrons. The second kappa shape index (κ2) is 5.35. The number of carbonyl (C=O) groups excluding carboxylic acids is 1. The van der Waals surface area contributed by atoms with Crippen LogP contribution >= 0.6 is 0 Å². The van der Waals surface area contributed by atoms with Crippen molar-refractivity contribution in [1.82, 2.24) is 0 Å². The average Bonchev–Trinajstić information content (AvgIpc) is 2.57. The summed E-state index contributed by atoms with van der Waals surface area (Å²) in [6.07, 6.45) is 1.25. The van der Waals surface area contributed by atoms with Crippen LogP contribution < -0.4 is 0 Å². The molecule has 25 heavy (non-hydrogen) atoms. The number of hydrogen-bond acceptors (Lipinski definition) is 3. The van der Waals surface area contributed by atoms with Crippen LogP contribution in [0.4, 0.5) is 4.79 Å². The van der Waals surface area contributed by atoms with E-state index in [4.69, 9.17) is 9.47 Å². The van der Waals surface area contributed by atoms with Crippen LogP contribution in [0.1, 0.15) is 44.7 Å². The molecular formula is C22H24O3. The molecule has 3 heteroatoms. The van der Waals surface area contributed by atoms with Gasteiger partial charge >= 0.3 is 6.16 Å². The van der Waals surface area contributed by atoms with E-state index in [0.717, 1.165) is 24.0 Å². The van der Waals surface area contributed by atoms with Crippen molar-refractivity contribution in [2.24, 2.45) is 11.3 Å². The number of benzene rings is 2. The average molecular weight is 336 g/mol. The molecule has 1 heterocycles. The van der Waals surface area contributed by atoms with Crippen LogP contribution in [-0.4, -0.2) is 11.9 Å². The van der Waals surface area contributed by atoms with Crippen LogP contribution in [0.5, 0.6) is 0 Å². The molecule has 2 fully saturated rings. The van der Waals surface area contributed by atoms with Gasteiger partial charge in [0, 0.05) is 5.41 Å². The first-order valence-corrected chi connectivity index (χ1v) is 8.94. The molecule has 1 aliphatic heterocycles. The standard InChI is InChI=1S/C22H24O3/c1-16-14-20(2,3)22(24-19(23)25-22)21(15-16,17-10-6-4-7-11-17)18-12-8-5-9-13-18/h4-13,16H,14-15H2,1-3H3. The maximum absolute atomic E-state index is 11.8. The fourth-order valence-corrected chi connectivity index (χ4v) is 5.23. The molecule has 0 amide bonds. The molecule has 1 saturated carbocycles. The summed E-state index contributed by atoms with van der Waals surface area (Å²) in [6.45, 7) is 6.57. The monoisotopic (exact) mass is 336 g/mol. The van der Waals surface area contributed by atoms with Crippen LogP contribution in [0.3, 0.4) is 0 Å². The molecule has 0 N–H and O–H groups in total. The van der Waals surface area contributed by atoms with Crippen molar-refractivity contribution in [3.8, 4) is 0 Å². The maximum Gasteiger partial charge on any atom is 0.515 e. The Hall–Kier alpha value is -2.29. The molecule has 1 atom stereocenters. The summed E-state index contributed by atoms with van der Waals surface area (Å²) < 4.78 is 11.8. The van der Waals surface area contributed by atoms with Crippen molar-refractivity contribution >= 4 is 6.16 Å². The topological polar surface area (TPSA) is 35.5 Å². The molecule has 2 aromatic carbocycles. The van der Waals surface area contributed by atoms with E-state index < -0.39 is 17.4 Å². The van der Waals surface area contributed by atoms with Gasteiger partial charge < -0.3 is 9.47 Å². The van der Waals surface area contributed by atoms with Gasteiger partial charge in [0.05, 0.1) is 5.41 Å². The number of hydrogen-bond donors (Lipinski definition) is 0. The Kier molecular flexibility index (Phi) is 3.47. The molecule has 1 spiro atoms. The molecule has 1 unspecified atom stereocenters. The van der Waals surface area contributed by atoms with Crippen molar-refractivity contribution in [3.05, 3.63) is 71.8 Å². The van der Waals surface area contributed by atoms with E-state index in [1.54, 1.807) is 0 Å². The van der Waals surface area contributed by atoms with Crippen molar-refractivity contribution < 1.29 is 14.3 Å². The van der Waals surface area contributed by atoms with Crippen molar-refractivity contribution in [2.75, 3.05) is 0 Å². The van der Waals surface area contributed by atoms with Gasteiger partial charge in [0.1, 0.15) is 0 Å². The van der Waals surface area contributed by atoms with E-state index in [1.165, 1.54) is 0 Å². The predicted octanol–water partition coefficient (Wildman–Crippen LogP) is 5.29. The first-order valence-electron chi connectivity index (χ1n) is 8.94. The van der Waals surface area contributed by atoms with Gasteiger partial charge in [-0.15, -0.1) is 0 Å². The summed E-state index contributed by atoms with van der Waals surface area (Å²) in [7, 11) is 0. The van der Waals surface area contributed by atoms with E-state index in [9.17, 15) is 4.79 Å². The third kappa shape index (κ3) is 2.08. The minimum atomic E-state index is -0.980. The SMILES string of the molecule is CC1CC(C)(C)C2(OC(=O)O2)C(c2ccccc2)(c2ccccc2)C1. The summed E-state index contributed by atoms with van der Waals surface area (Å²) in [4.78, 5) is 11.8. The molecule has 0 bridgehead atoms. The minimum Gasteiger partial charge on any atom is -0.389 e. The first kappa shape index (κ1) is 16.2. The lowest BCUT2D eigenvalue weighted by Crippen LogP contribution is -2.73. The van der Waals surface area contributed by atoms with Crippen LogP contribution in [0.2, 0.25) is 0 Å². The quantitative estimate of drug-likeness (QED) is 0.699. The number of carbonyl (C=O) groups is 1. The summed E-state index contributed by atoms with van der Waals surface area (Å²) in [5.41, 5.74) is 1.44. The molecule has 0 aromatic heterocycles. The van der Waals surface area contributed by atoms with Gasteiger partial charge in [0.15, 0.2) is 0 Å². The molecule has 4 rings (SSSR count). The van der Waals surface area contributed by atoms with Gasteiger partial charge in [-0.1, -0.05) is 81.4 Å². The summed E-state index contributed by atoms with van der Waals surface area (Å²) in [6, 6.07) is 20.7. The molecular weight excluding hydrogens is 312 g/mol. The van der Waals surface area contributed by atoms with Gasteiger partial charge in [-0.3, -0.25) is 0 Å². The van der Waals surface area contributed by atoms with E-state index >= 15 is 0 Å². The Balaban J connectivity index is 2.03. The van der Waals surface area contributed by atoms with Gasteiger partial charge in [0.25, 0.3) is 5.79 Å². The first-order chi connectivity index (χ1) is 11.9. The molecule has 3 nitrogen and oxygen atoms in total. The highest BCUT2D eigenvalue weighted by atomic mass is 16.9. The highest BCUT2D eigenvalue weighted by Crippen LogP contribution is 2.64. The molecule has 1 aliphatic carbocycles. The number of rotatable bonds is 2. The summed E-state index contributed by atoms with van der Waals surface area (Å²) in [5.74, 6) is -0.504. The lowest BCUT2D eigenvalue weighted by molar-refractivity contribution is -0.365. The van der Waals surface area contributed by atoms with E-state index in [0.29, 0.717) is 5.92 Å². The minimum absolute atomic E-state index is 0.301. The third-order valence-corrected chi connectivity index (χ3v) is 5.95. The van der Waals surface area contributed by atoms with Gasteiger partial charge in [-0.05, 0) is 29.9 Å². The molecule has 2 aromatic rings. The Labute approximate surface area is 149 Å². The van der Waals surface area contributed by atoms with Crippen LogP contribution in [0.25, 0.3) is 0 Å². The Morgan fingerprint density at radius 1 is 0.840 bits per heavy atom. The second-order valence-electron chi connectivity index (χ2n) is 8.11. The zero-order chi connectivity index (χ0) is 17.7. The summed E-state index contributed by atoms with van der Waals surface area (Å²) in [5, 5.41) is 0. The van der Waals surface area contributed by atoms with Gasteiger partial charge in [-0.25, -0.2) is 4.79 Å².